The van der Waals surface area contributed by atoms with E-state index in [9.17, 15) is 4.79 Å². The highest BCUT2D eigenvalue weighted by molar-refractivity contribution is 5.71. The highest BCUT2D eigenvalue weighted by Gasteiger charge is 2.09. The maximum absolute atomic E-state index is 12.0. The standard InChI is InChI=1S/C18H19N3O/c1-14(2)16-18(22)19-17(21-20-16)15-12-10-8-6-4-3-5-7-9-11-13-15/h3-14H,1-2H3,(H,19,21,22)/b4-3-,5-3?,6-4?,7-5-,8-6-,9-7?,10-8?,11-9-,12-10?,13-11?,15-12?,15-13?. The molecule has 0 spiro atoms. The summed E-state index contributed by atoms with van der Waals surface area (Å²) in [6.07, 6.45) is 21.1. The number of hydrogen-bond donors (Lipinski definition) is 1. The Hall–Kier alpha value is -2.75. The third-order valence-electron chi connectivity index (χ3n) is 2.98. The molecule has 1 aromatic rings. The summed E-state index contributed by atoms with van der Waals surface area (Å²) >= 11 is 0. The van der Waals surface area contributed by atoms with Crippen molar-refractivity contribution < 1.29 is 0 Å². The monoisotopic (exact) mass is 293 g/mol. The van der Waals surface area contributed by atoms with Gasteiger partial charge in [0.05, 0.1) is 0 Å². The van der Waals surface area contributed by atoms with Crippen molar-refractivity contribution in [3.8, 4) is 0 Å². The second kappa shape index (κ2) is 7.88. The van der Waals surface area contributed by atoms with Crippen LogP contribution in [0.25, 0.3) is 5.57 Å². The van der Waals surface area contributed by atoms with Crippen molar-refractivity contribution in [2.45, 2.75) is 19.8 Å². The molecular formula is C18H19N3O. The Kier molecular flexibility index (Phi) is 5.60. The van der Waals surface area contributed by atoms with Crippen molar-refractivity contribution >= 4 is 5.57 Å². The Balaban J connectivity index is 2.39. The molecule has 0 unspecified atom stereocenters. The lowest BCUT2D eigenvalue weighted by molar-refractivity contribution is 0.744. The number of allylic oxidation sites excluding steroid dienone is 12. The van der Waals surface area contributed by atoms with Crippen molar-refractivity contribution in [3.05, 3.63) is 88.7 Å². The first kappa shape index (κ1) is 15.6. The molecule has 1 aliphatic rings. The van der Waals surface area contributed by atoms with E-state index in [1.807, 2.05) is 80.7 Å². The summed E-state index contributed by atoms with van der Waals surface area (Å²) in [6, 6.07) is 0. The summed E-state index contributed by atoms with van der Waals surface area (Å²) in [5, 5.41) is 8.18. The fraction of sp³-hybridized carbons (Fsp3) is 0.167. The molecule has 0 saturated carbocycles. The number of aromatic amines is 1. The van der Waals surface area contributed by atoms with Gasteiger partial charge in [0.25, 0.3) is 5.56 Å². The van der Waals surface area contributed by atoms with E-state index in [0.717, 1.165) is 5.57 Å². The predicted molar refractivity (Wildman–Crippen MR) is 90.4 cm³/mol. The van der Waals surface area contributed by atoms with Crippen LogP contribution in [0.4, 0.5) is 0 Å². The average Bonchev–Trinajstić information content (AvgIpc) is 2.47. The van der Waals surface area contributed by atoms with E-state index in [4.69, 9.17) is 0 Å². The summed E-state index contributed by atoms with van der Waals surface area (Å²) in [6.45, 7) is 3.84. The minimum absolute atomic E-state index is 0.0471. The molecule has 0 saturated heterocycles. The molecule has 112 valence electrons. The number of aromatic nitrogens is 3. The summed E-state index contributed by atoms with van der Waals surface area (Å²) in [4.78, 5) is 14.8. The lowest BCUT2D eigenvalue weighted by Gasteiger charge is -2.04. The van der Waals surface area contributed by atoms with Gasteiger partial charge in [-0.3, -0.25) is 4.79 Å². The van der Waals surface area contributed by atoms with Crippen molar-refractivity contribution in [1.29, 1.82) is 0 Å². The van der Waals surface area contributed by atoms with E-state index >= 15 is 0 Å². The molecule has 0 amide bonds. The highest BCUT2D eigenvalue weighted by atomic mass is 16.1. The van der Waals surface area contributed by atoms with Gasteiger partial charge in [0, 0.05) is 11.5 Å². The average molecular weight is 293 g/mol. The summed E-state index contributed by atoms with van der Waals surface area (Å²) in [5.41, 5.74) is 1.05. The van der Waals surface area contributed by atoms with Crippen LogP contribution >= 0.6 is 0 Å². The van der Waals surface area contributed by atoms with Crippen LogP contribution in [0.3, 0.4) is 0 Å². The van der Waals surface area contributed by atoms with Crippen LogP contribution in [0, 0.1) is 0 Å². The Morgan fingerprint density at radius 1 is 0.864 bits per heavy atom. The van der Waals surface area contributed by atoms with Gasteiger partial charge in [0.15, 0.2) is 5.82 Å². The minimum atomic E-state index is -0.192. The number of nitrogens with zero attached hydrogens (tertiary/aromatic N) is 2. The molecule has 4 nitrogen and oxygen atoms in total. The Bertz CT molecular complexity index is 744. The maximum atomic E-state index is 12.0. The van der Waals surface area contributed by atoms with E-state index in [-0.39, 0.29) is 11.5 Å². The SMILES string of the molecule is CC(C)c1nnc(C2=C\C=C/C=C\C=C/C=C\C=C2)[nH]c1=O. The number of hydrogen-bond acceptors (Lipinski definition) is 3. The molecule has 4 heteroatoms. The van der Waals surface area contributed by atoms with Crippen molar-refractivity contribution in [3.63, 3.8) is 0 Å². The molecule has 0 aliphatic heterocycles. The molecule has 1 heterocycles. The molecule has 1 aromatic heterocycles. The second-order valence-corrected chi connectivity index (χ2v) is 5.06. The van der Waals surface area contributed by atoms with Gasteiger partial charge < -0.3 is 4.98 Å². The van der Waals surface area contributed by atoms with E-state index in [1.165, 1.54) is 0 Å². The molecule has 1 aliphatic carbocycles. The molecule has 0 bridgehead atoms. The largest absolute Gasteiger partial charge is 0.303 e. The fourth-order valence-electron chi connectivity index (χ4n) is 1.83. The quantitative estimate of drug-likeness (QED) is 0.908. The first-order valence-electron chi connectivity index (χ1n) is 7.21. The highest BCUT2D eigenvalue weighted by Crippen LogP contribution is 2.11. The second-order valence-electron chi connectivity index (χ2n) is 5.06. The van der Waals surface area contributed by atoms with E-state index < -0.39 is 0 Å². The molecule has 0 fully saturated rings. The zero-order chi connectivity index (χ0) is 15.8. The van der Waals surface area contributed by atoms with Gasteiger partial charge in [-0.25, -0.2) is 0 Å². The Labute approximate surface area is 130 Å². The molecule has 0 aromatic carbocycles. The number of rotatable bonds is 2. The van der Waals surface area contributed by atoms with Gasteiger partial charge in [-0.2, -0.15) is 0 Å². The zero-order valence-corrected chi connectivity index (χ0v) is 12.7. The normalized spacial score (nSPS) is 20.6. The van der Waals surface area contributed by atoms with Gasteiger partial charge >= 0.3 is 0 Å². The van der Waals surface area contributed by atoms with Crippen molar-refractivity contribution in [1.82, 2.24) is 15.2 Å². The minimum Gasteiger partial charge on any atom is -0.303 e. The van der Waals surface area contributed by atoms with Gasteiger partial charge in [-0.1, -0.05) is 80.7 Å². The predicted octanol–water partition coefficient (Wildman–Crippen LogP) is 3.47. The Morgan fingerprint density at radius 3 is 2.05 bits per heavy atom. The van der Waals surface area contributed by atoms with Crippen LogP contribution in [0.2, 0.25) is 0 Å². The first-order valence-corrected chi connectivity index (χ1v) is 7.21. The molecule has 0 atom stereocenters. The lowest BCUT2D eigenvalue weighted by Crippen LogP contribution is -2.19. The fourth-order valence-corrected chi connectivity index (χ4v) is 1.83. The smallest absolute Gasteiger partial charge is 0.273 e. The van der Waals surface area contributed by atoms with E-state index in [0.29, 0.717) is 11.5 Å². The zero-order valence-electron chi connectivity index (χ0n) is 12.7. The number of nitrogens with one attached hydrogen (secondary N) is 1. The first-order chi connectivity index (χ1) is 10.7. The molecule has 2 rings (SSSR count). The summed E-state index contributed by atoms with van der Waals surface area (Å²) < 4.78 is 0. The molecular weight excluding hydrogens is 274 g/mol. The van der Waals surface area contributed by atoms with Crippen LogP contribution < -0.4 is 5.56 Å². The van der Waals surface area contributed by atoms with Crippen LogP contribution in [0.5, 0.6) is 0 Å². The topological polar surface area (TPSA) is 58.6 Å². The van der Waals surface area contributed by atoms with Crippen LogP contribution in [0.15, 0.2) is 71.6 Å². The van der Waals surface area contributed by atoms with Crippen LogP contribution in [-0.4, -0.2) is 15.2 Å². The van der Waals surface area contributed by atoms with E-state index in [1.54, 1.807) is 0 Å². The maximum Gasteiger partial charge on any atom is 0.273 e. The van der Waals surface area contributed by atoms with Gasteiger partial charge in [-0.05, 0) is 0 Å². The summed E-state index contributed by atoms with van der Waals surface area (Å²) in [7, 11) is 0. The third kappa shape index (κ3) is 4.38. The van der Waals surface area contributed by atoms with Gasteiger partial charge in [0.2, 0.25) is 0 Å². The lowest BCUT2D eigenvalue weighted by atomic mass is 10.1. The summed E-state index contributed by atoms with van der Waals surface area (Å²) in [5.74, 6) is 0.506. The molecule has 0 radical (unpaired) electrons. The Morgan fingerprint density at radius 2 is 1.45 bits per heavy atom. The molecule has 22 heavy (non-hydrogen) atoms. The van der Waals surface area contributed by atoms with Crippen LogP contribution in [0.1, 0.15) is 31.3 Å². The number of H-pyrrole nitrogens is 1. The van der Waals surface area contributed by atoms with Gasteiger partial charge in [0.1, 0.15) is 5.69 Å². The van der Waals surface area contributed by atoms with Gasteiger partial charge in [-0.15, -0.1) is 10.2 Å². The van der Waals surface area contributed by atoms with Crippen LogP contribution in [-0.2, 0) is 0 Å². The molecule has 1 N–H and O–H groups in total. The van der Waals surface area contributed by atoms with Crippen molar-refractivity contribution in [2.24, 2.45) is 0 Å². The van der Waals surface area contributed by atoms with E-state index in [2.05, 4.69) is 15.2 Å². The third-order valence-corrected chi connectivity index (χ3v) is 2.98. The van der Waals surface area contributed by atoms with Crippen molar-refractivity contribution in [2.75, 3.05) is 0 Å².